The number of amides is 1. The van der Waals surface area contributed by atoms with Crippen LogP contribution in [0, 0.1) is 5.92 Å². The number of hydrogen-bond donors (Lipinski definition) is 2. The quantitative estimate of drug-likeness (QED) is 0.452. The Hall–Kier alpha value is -2.44. The summed E-state index contributed by atoms with van der Waals surface area (Å²) in [6.45, 7) is 5.89. The molecule has 1 aliphatic rings. The van der Waals surface area contributed by atoms with E-state index in [1.165, 1.54) is 0 Å². The van der Waals surface area contributed by atoms with Crippen LogP contribution in [0.2, 0.25) is 0 Å². The van der Waals surface area contributed by atoms with Gasteiger partial charge in [-0.1, -0.05) is 18.2 Å². The zero-order valence-corrected chi connectivity index (χ0v) is 20.7. The average molecular weight is 511 g/mol. The molecule has 2 aromatic carbocycles. The summed E-state index contributed by atoms with van der Waals surface area (Å²) in [5.74, 6) is 0.835. The van der Waals surface area contributed by atoms with E-state index in [1.807, 2.05) is 30.3 Å². The molecular weight excluding hydrogens is 481 g/mol. The number of anilines is 1. The van der Waals surface area contributed by atoms with Crippen LogP contribution in [0.3, 0.4) is 0 Å². The molecule has 0 unspecified atom stereocenters. The molecule has 0 spiro atoms. The number of benzene rings is 2. The molecule has 2 N–H and O–H groups in total. The molecular formula is C25H30AsN3O4. The van der Waals surface area contributed by atoms with Crippen LogP contribution in [0.5, 0.6) is 0 Å². The maximum absolute atomic E-state index is 13.5. The second-order valence-corrected chi connectivity index (χ2v) is 10.7. The van der Waals surface area contributed by atoms with Gasteiger partial charge in [0.15, 0.2) is 0 Å². The van der Waals surface area contributed by atoms with E-state index in [2.05, 4.69) is 17.0 Å². The molecule has 33 heavy (non-hydrogen) atoms. The summed E-state index contributed by atoms with van der Waals surface area (Å²) in [5.41, 5.74) is 2.10. The summed E-state index contributed by atoms with van der Waals surface area (Å²) in [7, 11) is 0. The van der Waals surface area contributed by atoms with Crippen molar-refractivity contribution in [1.82, 2.24) is 10.1 Å². The average Bonchev–Trinajstić information content (AvgIpc) is 3.31. The number of piperidine rings is 1. The van der Waals surface area contributed by atoms with Gasteiger partial charge in [-0.2, -0.15) is 0 Å². The minimum absolute atomic E-state index is 0.203. The summed E-state index contributed by atoms with van der Waals surface area (Å²) in [6.07, 6.45) is 2.65. The summed E-state index contributed by atoms with van der Waals surface area (Å²) in [4.78, 5) is 17.7. The van der Waals surface area contributed by atoms with Gasteiger partial charge in [-0.3, -0.25) is 0 Å². The number of rotatable bonds is 8. The molecule has 0 aliphatic carbocycles. The molecule has 7 nitrogen and oxygen atoms in total. The number of likely N-dealkylation sites (tertiary alicyclic amines) is 1. The molecule has 8 heteroatoms. The molecule has 1 amide bonds. The standard InChI is InChI=1S/C25H30AsN3O4/c1-2-28-14-12-20(13-15-28)18-29(22-10-8-21(9-11-22)26(31)32)25(30)24-17-23(33-27-24)16-19-6-4-3-5-7-19/h3-11,17,20,31-32H,2,12-16,18H2,1H3. The Balaban J connectivity index is 1.54. The van der Waals surface area contributed by atoms with Crippen LogP contribution in [0.15, 0.2) is 65.2 Å². The number of carbonyl (C=O) groups excluding carboxylic acids is 1. The van der Waals surface area contributed by atoms with Gasteiger partial charge >= 0.3 is 182 Å². The molecule has 0 radical (unpaired) electrons. The molecule has 1 aromatic heterocycles. The van der Waals surface area contributed by atoms with Crippen molar-refractivity contribution in [3.8, 4) is 0 Å². The second kappa shape index (κ2) is 11.1. The Labute approximate surface area is 199 Å². The molecule has 0 bridgehead atoms. The summed E-state index contributed by atoms with van der Waals surface area (Å²) < 4.78 is 25.1. The topological polar surface area (TPSA) is 90.0 Å². The molecule has 1 saturated heterocycles. The van der Waals surface area contributed by atoms with E-state index in [-0.39, 0.29) is 11.6 Å². The van der Waals surface area contributed by atoms with Crippen LogP contribution < -0.4 is 9.25 Å². The molecule has 0 saturated carbocycles. The first-order valence-electron chi connectivity index (χ1n) is 11.3. The van der Waals surface area contributed by atoms with E-state index >= 15 is 0 Å². The maximum atomic E-state index is 13.5. The molecule has 3 aromatic rings. The fourth-order valence-corrected chi connectivity index (χ4v) is 5.12. The second-order valence-electron chi connectivity index (χ2n) is 8.44. The Bertz CT molecular complexity index is 1030. The third-order valence-corrected chi connectivity index (χ3v) is 7.83. The monoisotopic (exact) mass is 511 g/mol. The van der Waals surface area contributed by atoms with Crippen molar-refractivity contribution < 1.29 is 17.5 Å². The van der Waals surface area contributed by atoms with Crippen molar-refractivity contribution in [2.45, 2.75) is 26.2 Å². The molecule has 1 aliphatic heterocycles. The Morgan fingerprint density at radius 3 is 2.45 bits per heavy atom. The van der Waals surface area contributed by atoms with Crippen molar-refractivity contribution in [3.05, 3.63) is 77.7 Å². The fraction of sp³-hybridized carbons (Fsp3) is 0.360. The Morgan fingerprint density at radius 2 is 1.82 bits per heavy atom. The van der Waals surface area contributed by atoms with Gasteiger partial charge in [-0.15, -0.1) is 0 Å². The van der Waals surface area contributed by atoms with Crippen LogP contribution in [0.1, 0.15) is 41.6 Å². The van der Waals surface area contributed by atoms with Crippen molar-refractivity contribution in [2.24, 2.45) is 5.92 Å². The first kappa shape index (κ1) is 23.7. The van der Waals surface area contributed by atoms with Crippen molar-refractivity contribution in [3.63, 3.8) is 0 Å². The summed E-state index contributed by atoms with van der Waals surface area (Å²) in [5, 5.41) is 4.08. The molecule has 174 valence electrons. The number of hydrogen-bond acceptors (Lipinski definition) is 6. The molecule has 2 heterocycles. The van der Waals surface area contributed by atoms with E-state index in [4.69, 9.17) is 4.52 Å². The zero-order chi connectivity index (χ0) is 23.2. The van der Waals surface area contributed by atoms with Gasteiger partial charge in [0.05, 0.1) is 0 Å². The SMILES string of the molecule is CCN1CCC(CN(C(=O)c2cc(Cc3ccccc3)on2)c2ccc([As](O)O)cc2)CC1. The van der Waals surface area contributed by atoms with Crippen LogP contribution in [-0.2, 0) is 6.42 Å². The Kier molecular flexibility index (Phi) is 7.99. The number of nitrogens with zero attached hydrogens (tertiary/aromatic N) is 3. The van der Waals surface area contributed by atoms with Crippen LogP contribution >= 0.6 is 0 Å². The zero-order valence-electron chi connectivity index (χ0n) is 18.8. The summed E-state index contributed by atoms with van der Waals surface area (Å²) in [6, 6.07) is 18.6. The van der Waals surface area contributed by atoms with Gasteiger partial charge in [-0.05, 0) is 0 Å². The fourth-order valence-electron chi connectivity index (χ4n) is 4.25. The molecule has 0 atom stereocenters. The minimum atomic E-state index is -2.95. The van der Waals surface area contributed by atoms with Gasteiger partial charge in [0, 0.05) is 0 Å². The predicted octanol–water partition coefficient (Wildman–Crippen LogP) is 2.32. The number of carbonyl (C=O) groups is 1. The van der Waals surface area contributed by atoms with E-state index in [9.17, 15) is 13.0 Å². The third-order valence-electron chi connectivity index (χ3n) is 6.23. The van der Waals surface area contributed by atoms with E-state index in [0.717, 1.165) is 43.7 Å². The van der Waals surface area contributed by atoms with Crippen molar-refractivity contribution >= 4 is 31.3 Å². The van der Waals surface area contributed by atoms with E-state index in [0.29, 0.717) is 29.0 Å². The van der Waals surface area contributed by atoms with Crippen LogP contribution in [0.25, 0.3) is 0 Å². The molecule has 4 rings (SSSR count). The van der Waals surface area contributed by atoms with Gasteiger partial charge in [-0.25, -0.2) is 0 Å². The van der Waals surface area contributed by atoms with Gasteiger partial charge < -0.3 is 0 Å². The van der Waals surface area contributed by atoms with Crippen molar-refractivity contribution in [2.75, 3.05) is 31.1 Å². The van der Waals surface area contributed by atoms with Gasteiger partial charge in [0.1, 0.15) is 0 Å². The predicted molar refractivity (Wildman–Crippen MR) is 129 cm³/mol. The third kappa shape index (κ3) is 6.12. The van der Waals surface area contributed by atoms with Crippen molar-refractivity contribution in [1.29, 1.82) is 0 Å². The number of aromatic nitrogens is 1. The van der Waals surface area contributed by atoms with Gasteiger partial charge in [0.2, 0.25) is 0 Å². The van der Waals surface area contributed by atoms with Crippen LogP contribution in [0.4, 0.5) is 5.69 Å². The first-order valence-corrected chi connectivity index (χ1v) is 14.0. The van der Waals surface area contributed by atoms with E-state index in [1.54, 1.807) is 35.2 Å². The molecule has 1 fully saturated rings. The van der Waals surface area contributed by atoms with E-state index < -0.39 is 15.3 Å². The first-order chi connectivity index (χ1) is 16.0. The summed E-state index contributed by atoms with van der Waals surface area (Å²) >= 11 is -2.95. The van der Waals surface area contributed by atoms with Crippen LogP contribution in [-0.4, -0.2) is 65.7 Å². The van der Waals surface area contributed by atoms with Gasteiger partial charge in [0.25, 0.3) is 0 Å². The Morgan fingerprint density at radius 1 is 1.12 bits per heavy atom. The normalized spacial score (nSPS) is 15.2.